The van der Waals surface area contributed by atoms with Gasteiger partial charge in [0.1, 0.15) is 0 Å². The molecule has 2 rings (SSSR count). The Balaban J connectivity index is 1.88. The second kappa shape index (κ2) is 7.85. The Labute approximate surface area is 133 Å². The third-order valence-electron chi connectivity index (χ3n) is 3.06. The molecule has 6 heteroatoms. The number of nitrogens with one attached hydrogen (secondary N) is 1. The van der Waals surface area contributed by atoms with Crippen LogP contribution in [0.5, 0.6) is 0 Å². The van der Waals surface area contributed by atoms with E-state index in [2.05, 4.69) is 10.3 Å². The normalized spacial score (nSPS) is 11.8. The zero-order chi connectivity index (χ0) is 15.1. The van der Waals surface area contributed by atoms with E-state index in [0.717, 1.165) is 17.0 Å². The third kappa shape index (κ3) is 4.91. The fourth-order valence-corrected chi connectivity index (χ4v) is 2.78. The van der Waals surface area contributed by atoms with E-state index in [0.29, 0.717) is 13.0 Å². The molecule has 0 aliphatic rings. The van der Waals surface area contributed by atoms with Crippen molar-refractivity contribution in [3.8, 4) is 0 Å². The van der Waals surface area contributed by atoms with E-state index in [1.165, 1.54) is 0 Å². The molecule has 1 atom stereocenters. The second-order valence-corrected chi connectivity index (χ2v) is 6.06. The number of rotatable bonds is 7. The minimum atomic E-state index is -0.473. The molecule has 0 spiro atoms. The van der Waals surface area contributed by atoms with Crippen molar-refractivity contribution in [2.45, 2.75) is 12.8 Å². The Bertz CT molecular complexity index is 584. The van der Waals surface area contributed by atoms with Gasteiger partial charge < -0.3 is 11.1 Å². The van der Waals surface area contributed by atoms with Crippen LogP contribution < -0.4 is 11.1 Å². The van der Waals surface area contributed by atoms with E-state index >= 15 is 0 Å². The molecule has 2 aromatic rings. The van der Waals surface area contributed by atoms with E-state index in [-0.39, 0.29) is 10.9 Å². The van der Waals surface area contributed by atoms with Crippen molar-refractivity contribution in [3.63, 3.8) is 0 Å². The predicted octanol–water partition coefficient (Wildman–Crippen LogP) is 1.95. The number of nitrogens with two attached hydrogens (primary N) is 1. The molecular weight excluding hydrogens is 302 g/mol. The summed E-state index contributed by atoms with van der Waals surface area (Å²) in [6.45, 7) is 0.542. The summed E-state index contributed by atoms with van der Waals surface area (Å²) < 4.78 is 0. The van der Waals surface area contributed by atoms with Gasteiger partial charge in [0.05, 0.1) is 15.9 Å². The van der Waals surface area contributed by atoms with Gasteiger partial charge in [-0.05, 0) is 12.0 Å². The molecule has 1 aromatic carbocycles. The lowest BCUT2D eigenvalue weighted by Crippen LogP contribution is -2.39. The zero-order valence-corrected chi connectivity index (χ0v) is 13.1. The van der Waals surface area contributed by atoms with Gasteiger partial charge in [-0.1, -0.05) is 42.5 Å². The van der Waals surface area contributed by atoms with Crippen LogP contribution in [0.15, 0.2) is 41.9 Å². The quantitative estimate of drug-likeness (QED) is 0.766. The maximum absolute atomic E-state index is 12.2. The standard InChI is InChI=1S/C15H17N3OS2/c16-14(20)12(10-11-4-2-1-3-5-11)15(19)18-7-6-13-17-8-9-21-13/h1-5,8-9,12H,6-7,10H2,(H2,16,20)(H,18,19). The molecule has 4 nitrogen and oxygen atoms in total. The SMILES string of the molecule is NC(=S)C(Cc1ccccc1)C(=O)NCCc1nccs1. The van der Waals surface area contributed by atoms with Crippen LogP contribution in [0.3, 0.4) is 0 Å². The number of hydrogen-bond donors (Lipinski definition) is 2. The van der Waals surface area contributed by atoms with Gasteiger partial charge in [-0.15, -0.1) is 11.3 Å². The lowest BCUT2D eigenvalue weighted by atomic mass is 9.98. The number of carbonyl (C=O) groups is 1. The molecule has 0 aliphatic carbocycles. The zero-order valence-electron chi connectivity index (χ0n) is 11.5. The summed E-state index contributed by atoms with van der Waals surface area (Å²) in [5, 5.41) is 5.81. The highest BCUT2D eigenvalue weighted by atomic mass is 32.1. The van der Waals surface area contributed by atoms with Crippen LogP contribution in [0.1, 0.15) is 10.6 Å². The smallest absolute Gasteiger partial charge is 0.230 e. The Morgan fingerprint density at radius 3 is 2.76 bits per heavy atom. The minimum absolute atomic E-state index is 0.122. The first-order valence-corrected chi connectivity index (χ1v) is 7.95. The number of carbonyl (C=O) groups excluding carboxylic acids is 1. The lowest BCUT2D eigenvalue weighted by Gasteiger charge is -2.15. The fourth-order valence-electron chi connectivity index (χ4n) is 1.96. The van der Waals surface area contributed by atoms with Gasteiger partial charge in [0.2, 0.25) is 5.91 Å². The molecule has 0 radical (unpaired) electrons. The van der Waals surface area contributed by atoms with Crippen molar-refractivity contribution in [1.82, 2.24) is 10.3 Å². The van der Waals surface area contributed by atoms with E-state index in [9.17, 15) is 4.79 Å². The summed E-state index contributed by atoms with van der Waals surface area (Å²) >= 11 is 6.61. The first kappa shape index (κ1) is 15.6. The average Bonchev–Trinajstić information content (AvgIpc) is 2.98. The minimum Gasteiger partial charge on any atom is -0.393 e. The maximum atomic E-state index is 12.2. The van der Waals surface area contributed by atoms with Crippen molar-refractivity contribution in [2.24, 2.45) is 11.7 Å². The van der Waals surface area contributed by atoms with Crippen LogP contribution in [0.4, 0.5) is 0 Å². The molecule has 0 fully saturated rings. The second-order valence-electron chi connectivity index (χ2n) is 4.61. The lowest BCUT2D eigenvalue weighted by molar-refractivity contribution is -0.122. The Kier molecular flexibility index (Phi) is 5.83. The third-order valence-corrected chi connectivity index (χ3v) is 4.19. The fraction of sp³-hybridized carbons (Fsp3) is 0.267. The Hall–Kier alpha value is -1.79. The van der Waals surface area contributed by atoms with Crippen molar-refractivity contribution < 1.29 is 4.79 Å². The van der Waals surface area contributed by atoms with Crippen molar-refractivity contribution in [1.29, 1.82) is 0 Å². The molecular formula is C15H17N3OS2. The number of thiocarbonyl (C=S) groups is 1. The van der Waals surface area contributed by atoms with Gasteiger partial charge in [-0.3, -0.25) is 4.79 Å². The maximum Gasteiger partial charge on any atom is 0.230 e. The number of amides is 1. The summed E-state index contributed by atoms with van der Waals surface area (Å²) in [5.74, 6) is -0.596. The molecule has 1 aromatic heterocycles. The first-order chi connectivity index (χ1) is 10.2. The Morgan fingerprint density at radius 1 is 1.38 bits per heavy atom. The van der Waals surface area contributed by atoms with E-state index in [1.807, 2.05) is 35.7 Å². The molecule has 0 saturated heterocycles. The molecule has 1 amide bonds. The molecule has 21 heavy (non-hydrogen) atoms. The number of hydrogen-bond acceptors (Lipinski definition) is 4. The van der Waals surface area contributed by atoms with Crippen molar-refractivity contribution in [2.75, 3.05) is 6.54 Å². The van der Waals surface area contributed by atoms with Gasteiger partial charge in [0, 0.05) is 24.5 Å². The summed E-state index contributed by atoms with van der Waals surface area (Å²) in [6.07, 6.45) is 3.01. The van der Waals surface area contributed by atoms with E-state index < -0.39 is 5.92 Å². The van der Waals surface area contributed by atoms with Gasteiger partial charge in [0.25, 0.3) is 0 Å². The molecule has 1 unspecified atom stereocenters. The highest BCUT2D eigenvalue weighted by Crippen LogP contribution is 2.10. The molecule has 0 bridgehead atoms. The number of benzene rings is 1. The monoisotopic (exact) mass is 319 g/mol. The van der Waals surface area contributed by atoms with Crippen LogP contribution in [0, 0.1) is 5.92 Å². The summed E-state index contributed by atoms with van der Waals surface area (Å²) in [6, 6.07) is 9.74. The molecule has 0 aliphatic heterocycles. The number of nitrogens with zero attached hydrogens (tertiary/aromatic N) is 1. The average molecular weight is 319 g/mol. The Morgan fingerprint density at radius 2 is 2.14 bits per heavy atom. The van der Waals surface area contributed by atoms with Gasteiger partial charge in [-0.25, -0.2) is 4.98 Å². The van der Waals surface area contributed by atoms with Crippen molar-refractivity contribution >= 4 is 34.5 Å². The van der Waals surface area contributed by atoms with Crippen LogP contribution in [0.2, 0.25) is 0 Å². The highest BCUT2D eigenvalue weighted by molar-refractivity contribution is 7.80. The van der Waals surface area contributed by atoms with Gasteiger partial charge >= 0.3 is 0 Å². The summed E-state index contributed by atoms with van der Waals surface area (Å²) in [4.78, 5) is 16.6. The predicted molar refractivity (Wildman–Crippen MR) is 89.2 cm³/mol. The van der Waals surface area contributed by atoms with Crippen LogP contribution in [-0.2, 0) is 17.6 Å². The van der Waals surface area contributed by atoms with E-state index in [4.69, 9.17) is 18.0 Å². The molecule has 1 heterocycles. The molecule has 0 saturated carbocycles. The molecule has 110 valence electrons. The summed E-state index contributed by atoms with van der Waals surface area (Å²) in [5.41, 5.74) is 6.76. The van der Waals surface area contributed by atoms with Crippen LogP contribution in [-0.4, -0.2) is 22.4 Å². The highest BCUT2D eigenvalue weighted by Gasteiger charge is 2.21. The largest absolute Gasteiger partial charge is 0.393 e. The topological polar surface area (TPSA) is 68.0 Å². The number of aromatic nitrogens is 1. The van der Waals surface area contributed by atoms with Crippen LogP contribution >= 0.6 is 23.6 Å². The van der Waals surface area contributed by atoms with Gasteiger partial charge in [-0.2, -0.15) is 0 Å². The van der Waals surface area contributed by atoms with Gasteiger partial charge in [0.15, 0.2) is 0 Å². The van der Waals surface area contributed by atoms with E-state index in [1.54, 1.807) is 17.5 Å². The number of thiazole rings is 1. The molecule has 3 N–H and O–H groups in total. The van der Waals surface area contributed by atoms with Crippen molar-refractivity contribution in [3.05, 3.63) is 52.5 Å². The first-order valence-electron chi connectivity index (χ1n) is 6.66. The summed E-state index contributed by atoms with van der Waals surface area (Å²) in [7, 11) is 0. The van der Waals surface area contributed by atoms with Crippen LogP contribution in [0.25, 0.3) is 0 Å².